The summed E-state index contributed by atoms with van der Waals surface area (Å²) in [5.74, 6) is 0.982. The van der Waals surface area contributed by atoms with Crippen LogP contribution in [0, 0.1) is 5.92 Å². The van der Waals surface area contributed by atoms with Crippen LogP contribution in [0.3, 0.4) is 0 Å². The third kappa shape index (κ3) is 4.60. The van der Waals surface area contributed by atoms with Crippen molar-refractivity contribution in [2.75, 3.05) is 25.0 Å². The van der Waals surface area contributed by atoms with Crippen LogP contribution in [0.2, 0.25) is 0 Å². The Morgan fingerprint density at radius 3 is 2.83 bits per heavy atom. The molecule has 0 aromatic heterocycles. The molecule has 1 aliphatic carbocycles. The van der Waals surface area contributed by atoms with Crippen molar-refractivity contribution in [1.29, 1.82) is 0 Å². The maximum Gasteiger partial charge on any atom is 0.260 e. The number of hydrogen-bond donors (Lipinski definition) is 1. The number of likely N-dealkylation sites (tertiary alicyclic amines) is 1. The largest absolute Gasteiger partial charge is 0.484 e. The van der Waals surface area contributed by atoms with Gasteiger partial charge in [-0.2, -0.15) is 0 Å². The summed E-state index contributed by atoms with van der Waals surface area (Å²) in [6.07, 6.45) is 9.01. The van der Waals surface area contributed by atoms with Gasteiger partial charge in [-0.3, -0.25) is 9.59 Å². The van der Waals surface area contributed by atoms with E-state index in [1.54, 1.807) is 12.1 Å². The van der Waals surface area contributed by atoms with Gasteiger partial charge >= 0.3 is 0 Å². The number of anilines is 1. The lowest BCUT2D eigenvalue weighted by atomic mass is 10.1. The maximum absolute atomic E-state index is 12.1. The number of allylic oxidation sites excluding steroid dienone is 2. The zero-order valence-electron chi connectivity index (χ0n) is 13.9. The molecule has 5 heteroatoms. The summed E-state index contributed by atoms with van der Waals surface area (Å²) in [6, 6.07) is 7.21. The molecule has 0 radical (unpaired) electrons. The van der Waals surface area contributed by atoms with Crippen LogP contribution in [0.15, 0.2) is 36.4 Å². The highest BCUT2D eigenvalue weighted by Crippen LogP contribution is 2.22. The van der Waals surface area contributed by atoms with E-state index in [1.165, 1.54) is 0 Å². The average Bonchev–Trinajstić information content (AvgIpc) is 3.26. The Morgan fingerprint density at radius 1 is 1.25 bits per heavy atom. The minimum Gasteiger partial charge on any atom is -0.484 e. The SMILES string of the molecule is O=C(C[C@@H]1C=CCC1)Nc1cccc(OCC(=O)N2CCCC2)c1. The summed E-state index contributed by atoms with van der Waals surface area (Å²) >= 11 is 0. The molecule has 2 aliphatic rings. The molecule has 2 amide bonds. The van der Waals surface area contributed by atoms with Crippen molar-refractivity contribution in [2.45, 2.75) is 32.1 Å². The van der Waals surface area contributed by atoms with E-state index in [0.29, 0.717) is 23.8 Å². The van der Waals surface area contributed by atoms with Gasteiger partial charge in [0.1, 0.15) is 5.75 Å². The molecule has 128 valence electrons. The fourth-order valence-corrected chi connectivity index (χ4v) is 3.18. The quantitative estimate of drug-likeness (QED) is 0.817. The minimum absolute atomic E-state index is 0.0110. The first-order valence-corrected chi connectivity index (χ1v) is 8.68. The zero-order chi connectivity index (χ0) is 16.8. The lowest BCUT2D eigenvalue weighted by Gasteiger charge is -2.16. The fourth-order valence-electron chi connectivity index (χ4n) is 3.18. The molecule has 24 heavy (non-hydrogen) atoms. The molecule has 1 fully saturated rings. The summed E-state index contributed by atoms with van der Waals surface area (Å²) in [7, 11) is 0. The minimum atomic E-state index is 0.0110. The molecular weight excluding hydrogens is 304 g/mol. The molecule has 1 aromatic carbocycles. The van der Waals surface area contributed by atoms with Gasteiger partial charge in [-0.05, 0) is 43.7 Å². The highest BCUT2D eigenvalue weighted by molar-refractivity contribution is 5.91. The lowest BCUT2D eigenvalue weighted by molar-refractivity contribution is -0.132. The van der Waals surface area contributed by atoms with Crippen LogP contribution in [-0.2, 0) is 9.59 Å². The normalized spacial score (nSPS) is 19.5. The number of carbonyl (C=O) groups is 2. The third-order valence-corrected chi connectivity index (χ3v) is 4.50. The van der Waals surface area contributed by atoms with Gasteiger partial charge in [-0.1, -0.05) is 18.2 Å². The second kappa shape index (κ2) is 7.99. The number of benzene rings is 1. The molecule has 0 unspecified atom stereocenters. The van der Waals surface area contributed by atoms with Gasteiger partial charge < -0.3 is 15.0 Å². The summed E-state index contributed by atoms with van der Waals surface area (Å²) in [6.45, 7) is 1.70. The number of amides is 2. The highest BCUT2D eigenvalue weighted by atomic mass is 16.5. The molecule has 1 N–H and O–H groups in total. The molecule has 1 aromatic rings. The van der Waals surface area contributed by atoms with Crippen LogP contribution in [-0.4, -0.2) is 36.4 Å². The van der Waals surface area contributed by atoms with Crippen molar-refractivity contribution >= 4 is 17.5 Å². The van der Waals surface area contributed by atoms with E-state index in [4.69, 9.17) is 4.74 Å². The van der Waals surface area contributed by atoms with Gasteiger partial charge in [0.25, 0.3) is 5.91 Å². The first-order chi connectivity index (χ1) is 11.7. The monoisotopic (exact) mass is 328 g/mol. The topological polar surface area (TPSA) is 58.6 Å². The Balaban J connectivity index is 1.48. The molecule has 5 nitrogen and oxygen atoms in total. The van der Waals surface area contributed by atoms with Crippen molar-refractivity contribution in [3.63, 3.8) is 0 Å². The van der Waals surface area contributed by atoms with Crippen molar-refractivity contribution < 1.29 is 14.3 Å². The highest BCUT2D eigenvalue weighted by Gasteiger charge is 2.18. The molecular formula is C19H24N2O3. The van der Waals surface area contributed by atoms with Crippen LogP contribution in [0.25, 0.3) is 0 Å². The zero-order valence-corrected chi connectivity index (χ0v) is 13.9. The van der Waals surface area contributed by atoms with Crippen molar-refractivity contribution in [3.8, 4) is 5.75 Å². The van der Waals surface area contributed by atoms with Crippen molar-refractivity contribution in [3.05, 3.63) is 36.4 Å². The fraction of sp³-hybridized carbons (Fsp3) is 0.474. The molecule has 0 spiro atoms. The van der Waals surface area contributed by atoms with E-state index in [-0.39, 0.29) is 18.4 Å². The summed E-state index contributed by atoms with van der Waals surface area (Å²) in [4.78, 5) is 25.9. The van der Waals surface area contributed by atoms with Gasteiger partial charge in [-0.15, -0.1) is 0 Å². The Bertz CT molecular complexity index is 621. The van der Waals surface area contributed by atoms with E-state index < -0.39 is 0 Å². The van der Waals surface area contributed by atoms with Crippen LogP contribution in [0.5, 0.6) is 5.75 Å². The number of nitrogens with one attached hydrogen (secondary N) is 1. The Morgan fingerprint density at radius 2 is 2.08 bits per heavy atom. The molecule has 3 rings (SSSR count). The number of ether oxygens (including phenoxy) is 1. The number of hydrogen-bond acceptors (Lipinski definition) is 3. The van der Waals surface area contributed by atoms with E-state index in [2.05, 4.69) is 17.5 Å². The van der Waals surface area contributed by atoms with Crippen LogP contribution >= 0.6 is 0 Å². The third-order valence-electron chi connectivity index (χ3n) is 4.50. The smallest absolute Gasteiger partial charge is 0.260 e. The lowest BCUT2D eigenvalue weighted by Crippen LogP contribution is -2.32. The van der Waals surface area contributed by atoms with E-state index >= 15 is 0 Å². The van der Waals surface area contributed by atoms with Crippen molar-refractivity contribution in [1.82, 2.24) is 4.90 Å². The molecule has 1 saturated heterocycles. The number of nitrogens with zero attached hydrogens (tertiary/aromatic N) is 1. The van der Waals surface area contributed by atoms with E-state index in [9.17, 15) is 9.59 Å². The van der Waals surface area contributed by atoms with Gasteiger partial charge in [0.2, 0.25) is 5.91 Å². The Hall–Kier alpha value is -2.30. The van der Waals surface area contributed by atoms with Crippen LogP contribution in [0.1, 0.15) is 32.1 Å². The Kier molecular flexibility index (Phi) is 5.51. The standard InChI is InChI=1S/C19H24N2O3/c22-18(12-15-6-1-2-7-15)20-16-8-5-9-17(13-16)24-14-19(23)21-10-3-4-11-21/h1,5-6,8-9,13,15H,2-4,7,10-12,14H2,(H,20,22)/t15-/m1/s1. The van der Waals surface area contributed by atoms with Crippen LogP contribution in [0.4, 0.5) is 5.69 Å². The van der Waals surface area contributed by atoms with Gasteiger partial charge in [0.05, 0.1) is 0 Å². The van der Waals surface area contributed by atoms with Gasteiger partial charge in [0, 0.05) is 31.3 Å². The molecule has 1 heterocycles. The number of carbonyl (C=O) groups excluding carboxylic acids is 2. The van der Waals surface area contributed by atoms with E-state index in [1.807, 2.05) is 17.0 Å². The van der Waals surface area contributed by atoms with E-state index in [0.717, 1.165) is 38.8 Å². The second-order valence-electron chi connectivity index (χ2n) is 6.42. The predicted molar refractivity (Wildman–Crippen MR) is 92.9 cm³/mol. The van der Waals surface area contributed by atoms with Crippen LogP contribution < -0.4 is 10.1 Å². The Labute approximate surface area is 142 Å². The molecule has 0 saturated carbocycles. The average molecular weight is 328 g/mol. The summed E-state index contributed by atoms with van der Waals surface area (Å²) in [5, 5.41) is 2.90. The van der Waals surface area contributed by atoms with Gasteiger partial charge in [-0.25, -0.2) is 0 Å². The number of rotatable bonds is 6. The summed E-state index contributed by atoms with van der Waals surface area (Å²) in [5.41, 5.74) is 0.702. The predicted octanol–water partition coefficient (Wildman–Crippen LogP) is 2.98. The van der Waals surface area contributed by atoms with Gasteiger partial charge in [0.15, 0.2) is 6.61 Å². The maximum atomic E-state index is 12.1. The first-order valence-electron chi connectivity index (χ1n) is 8.68. The van der Waals surface area contributed by atoms with Crippen molar-refractivity contribution in [2.24, 2.45) is 5.92 Å². The first kappa shape index (κ1) is 16.6. The molecule has 0 bridgehead atoms. The second-order valence-corrected chi connectivity index (χ2v) is 6.42. The molecule has 1 atom stereocenters. The summed E-state index contributed by atoms with van der Waals surface area (Å²) < 4.78 is 5.58. The molecule has 1 aliphatic heterocycles.